The van der Waals surface area contributed by atoms with E-state index in [9.17, 15) is 4.79 Å². The second-order valence-electron chi connectivity index (χ2n) is 4.99. The lowest BCUT2D eigenvalue weighted by atomic mass is 9.93. The van der Waals surface area contributed by atoms with Gasteiger partial charge in [0.1, 0.15) is 10.6 Å². The molecule has 5 N–H and O–H groups in total. The fourth-order valence-corrected chi connectivity index (χ4v) is 3.62. The van der Waals surface area contributed by atoms with Crippen molar-refractivity contribution in [3.63, 3.8) is 0 Å². The predicted molar refractivity (Wildman–Crippen MR) is 74.6 cm³/mol. The highest BCUT2D eigenvalue weighted by molar-refractivity contribution is 7.11. The number of rotatable bonds is 4. The van der Waals surface area contributed by atoms with E-state index in [0.29, 0.717) is 22.5 Å². The average molecular weight is 268 g/mol. The molecular weight excluding hydrogens is 248 g/mol. The Morgan fingerprint density at radius 2 is 2.28 bits per heavy atom. The zero-order valence-corrected chi connectivity index (χ0v) is 11.6. The molecule has 0 aliphatic heterocycles. The van der Waals surface area contributed by atoms with E-state index in [0.717, 1.165) is 12.3 Å². The van der Waals surface area contributed by atoms with Crippen LogP contribution in [0.3, 0.4) is 0 Å². The smallest absolute Gasteiger partial charge is 0.255 e. The summed E-state index contributed by atoms with van der Waals surface area (Å²) in [5, 5.41) is 4.12. The number of amides is 1. The number of nitrogens with two attached hydrogens (primary N) is 2. The molecule has 1 fully saturated rings. The van der Waals surface area contributed by atoms with Crippen LogP contribution in [0, 0.1) is 11.8 Å². The molecule has 3 atom stereocenters. The first-order valence-corrected chi connectivity index (χ1v) is 7.13. The molecule has 5 nitrogen and oxygen atoms in total. The maximum Gasteiger partial charge on any atom is 0.255 e. The van der Waals surface area contributed by atoms with Crippen LogP contribution in [0.15, 0.2) is 0 Å². The molecule has 0 spiro atoms. The van der Waals surface area contributed by atoms with Crippen LogP contribution in [0.2, 0.25) is 0 Å². The molecule has 0 saturated heterocycles. The summed E-state index contributed by atoms with van der Waals surface area (Å²) in [7, 11) is 0. The Kier molecular flexibility index (Phi) is 3.75. The highest BCUT2D eigenvalue weighted by Crippen LogP contribution is 2.37. The van der Waals surface area contributed by atoms with Gasteiger partial charge in [-0.25, -0.2) is 0 Å². The molecule has 0 aromatic carbocycles. The summed E-state index contributed by atoms with van der Waals surface area (Å²) >= 11 is 1.22. The molecule has 1 aliphatic rings. The van der Waals surface area contributed by atoms with Gasteiger partial charge in [-0.05, 0) is 36.2 Å². The summed E-state index contributed by atoms with van der Waals surface area (Å²) in [4.78, 5) is 11.3. The highest BCUT2D eigenvalue weighted by atomic mass is 32.1. The van der Waals surface area contributed by atoms with Crippen molar-refractivity contribution in [1.29, 1.82) is 0 Å². The normalized spacial score (nSPS) is 27.3. The van der Waals surface area contributed by atoms with E-state index in [1.54, 1.807) is 0 Å². The van der Waals surface area contributed by atoms with Crippen molar-refractivity contribution >= 4 is 28.3 Å². The number of aromatic nitrogens is 1. The Hall–Kier alpha value is -1.30. The number of carbonyl (C=O) groups excluding carboxylic acids is 1. The van der Waals surface area contributed by atoms with Crippen molar-refractivity contribution in [2.24, 2.45) is 17.6 Å². The van der Waals surface area contributed by atoms with Gasteiger partial charge in [-0.3, -0.25) is 4.79 Å². The van der Waals surface area contributed by atoms with E-state index in [1.807, 2.05) is 0 Å². The molecule has 1 aliphatic carbocycles. The van der Waals surface area contributed by atoms with Gasteiger partial charge < -0.3 is 16.8 Å². The predicted octanol–water partition coefficient (Wildman–Crippen LogP) is 2.06. The van der Waals surface area contributed by atoms with Crippen molar-refractivity contribution in [1.82, 2.24) is 4.37 Å². The molecule has 0 radical (unpaired) electrons. The van der Waals surface area contributed by atoms with Gasteiger partial charge in [0.15, 0.2) is 5.82 Å². The summed E-state index contributed by atoms with van der Waals surface area (Å²) < 4.78 is 4.00. The van der Waals surface area contributed by atoms with Gasteiger partial charge in [0, 0.05) is 6.04 Å². The number of primary amides is 1. The average Bonchev–Trinajstić information content (AvgIpc) is 2.84. The second kappa shape index (κ2) is 5.14. The monoisotopic (exact) mass is 268 g/mol. The van der Waals surface area contributed by atoms with Crippen molar-refractivity contribution in [3.05, 3.63) is 5.56 Å². The van der Waals surface area contributed by atoms with E-state index >= 15 is 0 Å². The van der Waals surface area contributed by atoms with E-state index < -0.39 is 5.91 Å². The molecular formula is C12H20N4OS. The third-order valence-corrected chi connectivity index (χ3v) is 4.82. The minimum atomic E-state index is -0.513. The summed E-state index contributed by atoms with van der Waals surface area (Å²) in [6.45, 7) is 4.48. The van der Waals surface area contributed by atoms with Gasteiger partial charge >= 0.3 is 0 Å². The van der Waals surface area contributed by atoms with Crippen LogP contribution in [-0.4, -0.2) is 16.3 Å². The lowest BCUT2D eigenvalue weighted by Crippen LogP contribution is -2.25. The number of nitrogens with one attached hydrogen (secondary N) is 1. The van der Waals surface area contributed by atoms with Crippen LogP contribution in [0.5, 0.6) is 0 Å². The lowest BCUT2D eigenvalue weighted by Gasteiger charge is -2.21. The number of hydrogen-bond acceptors (Lipinski definition) is 5. The number of hydrogen-bond donors (Lipinski definition) is 3. The number of anilines is 2. The molecule has 6 heteroatoms. The van der Waals surface area contributed by atoms with Gasteiger partial charge in [0.05, 0.1) is 0 Å². The third-order valence-electron chi connectivity index (χ3n) is 4.03. The van der Waals surface area contributed by atoms with Crippen molar-refractivity contribution in [2.45, 2.75) is 39.2 Å². The van der Waals surface area contributed by atoms with Crippen LogP contribution in [0.4, 0.5) is 10.8 Å². The first-order chi connectivity index (χ1) is 8.54. The summed E-state index contributed by atoms with van der Waals surface area (Å²) in [6.07, 6.45) is 3.55. The summed E-state index contributed by atoms with van der Waals surface area (Å²) in [5.74, 6) is 1.07. The van der Waals surface area contributed by atoms with Crippen LogP contribution in [0.25, 0.3) is 0 Å². The largest absolute Gasteiger partial charge is 0.382 e. The SMILES string of the molecule is CCC1CCC(Nc2snc(N)c2C(N)=O)C1C. The van der Waals surface area contributed by atoms with Crippen LogP contribution in [-0.2, 0) is 0 Å². The quantitative estimate of drug-likeness (QED) is 0.779. The fraction of sp³-hybridized carbons (Fsp3) is 0.667. The zero-order chi connectivity index (χ0) is 13.3. The van der Waals surface area contributed by atoms with Gasteiger partial charge in [-0.1, -0.05) is 20.3 Å². The molecule has 1 aromatic heterocycles. The maximum atomic E-state index is 11.3. The maximum absolute atomic E-state index is 11.3. The molecule has 100 valence electrons. The molecule has 18 heavy (non-hydrogen) atoms. The van der Waals surface area contributed by atoms with Crippen LogP contribution in [0.1, 0.15) is 43.5 Å². The fourth-order valence-electron chi connectivity index (χ4n) is 2.83. The zero-order valence-electron chi connectivity index (χ0n) is 10.8. The number of nitrogen functional groups attached to an aromatic ring is 1. The Bertz CT molecular complexity index is 445. The minimum absolute atomic E-state index is 0.229. The topological polar surface area (TPSA) is 94.0 Å². The summed E-state index contributed by atoms with van der Waals surface area (Å²) in [6, 6.07) is 0.382. The molecule has 1 saturated carbocycles. The van der Waals surface area contributed by atoms with Crippen molar-refractivity contribution in [3.8, 4) is 0 Å². The third kappa shape index (κ3) is 2.29. The number of nitrogens with zero attached hydrogens (tertiary/aromatic N) is 1. The van der Waals surface area contributed by atoms with E-state index in [2.05, 4.69) is 23.5 Å². The van der Waals surface area contributed by atoms with Gasteiger partial charge in [-0.2, -0.15) is 4.37 Å². The van der Waals surface area contributed by atoms with Gasteiger partial charge in [0.25, 0.3) is 5.91 Å². The van der Waals surface area contributed by atoms with Crippen LogP contribution >= 0.6 is 11.5 Å². The second-order valence-corrected chi connectivity index (χ2v) is 5.77. The van der Waals surface area contributed by atoms with E-state index in [1.165, 1.54) is 24.4 Å². The Labute approximate surface area is 111 Å². The Balaban J connectivity index is 2.13. The number of carbonyl (C=O) groups is 1. The molecule has 2 rings (SSSR count). The highest BCUT2D eigenvalue weighted by Gasteiger charge is 2.32. The molecule has 0 bridgehead atoms. The van der Waals surface area contributed by atoms with E-state index in [4.69, 9.17) is 11.5 Å². The molecule has 1 aromatic rings. The lowest BCUT2D eigenvalue weighted by molar-refractivity contribution is 0.100. The Morgan fingerprint density at radius 3 is 2.83 bits per heavy atom. The van der Waals surface area contributed by atoms with Crippen molar-refractivity contribution < 1.29 is 4.79 Å². The van der Waals surface area contributed by atoms with E-state index in [-0.39, 0.29) is 5.82 Å². The van der Waals surface area contributed by atoms with Gasteiger partial charge in [0.2, 0.25) is 0 Å². The first-order valence-electron chi connectivity index (χ1n) is 6.36. The summed E-state index contributed by atoms with van der Waals surface area (Å²) in [5.41, 5.74) is 11.3. The first kappa shape index (κ1) is 13.1. The van der Waals surface area contributed by atoms with Crippen molar-refractivity contribution in [2.75, 3.05) is 11.1 Å². The molecule has 3 unspecified atom stereocenters. The Morgan fingerprint density at radius 1 is 1.56 bits per heavy atom. The molecule has 1 amide bonds. The minimum Gasteiger partial charge on any atom is -0.382 e. The standard InChI is InChI=1S/C12H20N4OS/c1-3-7-4-5-8(6(7)2)15-12-9(11(14)17)10(13)16-18-12/h6-8,15H,3-5H2,1-2H3,(H2,13,16)(H2,14,17). The van der Waals surface area contributed by atoms with Gasteiger partial charge in [-0.15, -0.1) is 0 Å². The molecule has 1 heterocycles. The van der Waals surface area contributed by atoms with Crippen LogP contribution < -0.4 is 16.8 Å².